The molecule has 0 unspecified atom stereocenters. The van der Waals surface area contributed by atoms with E-state index in [9.17, 15) is 14.7 Å². The second kappa shape index (κ2) is 9.62. The van der Waals surface area contributed by atoms with Crippen molar-refractivity contribution in [1.29, 1.82) is 0 Å². The number of methoxy groups -OCH3 is 2. The minimum absolute atomic E-state index is 0.0754. The summed E-state index contributed by atoms with van der Waals surface area (Å²) in [5.41, 5.74) is 2.84. The van der Waals surface area contributed by atoms with Crippen LogP contribution in [-0.4, -0.2) is 39.8 Å². The van der Waals surface area contributed by atoms with Gasteiger partial charge in [-0.15, -0.1) is 0 Å². The number of aromatic nitrogens is 2. The van der Waals surface area contributed by atoms with Crippen LogP contribution in [0.1, 0.15) is 21.5 Å². The molecule has 0 saturated heterocycles. The summed E-state index contributed by atoms with van der Waals surface area (Å²) in [5.74, 6) is -0.355. The van der Waals surface area contributed by atoms with E-state index in [1.54, 1.807) is 67.8 Å². The zero-order valence-corrected chi connectivity index (χ0v) is 18.8. The van der Waals surface area contributed by atoms with Crippen LogP contribution in [0, 0.1) is 0 Å². The van der Waals surface area contributed by atoms with Crippen LogP contribution in [0.4, 0.5) is 0 Å². The van der Waals surface area contributed by atoms with Gasteiger partial charge in [0, 0.05) is 17.6 Å². The first-order chi connectivity index (χ1) is 16.0. The predicted molar refractivity (Wildman–Crippen MR) is 126 cm³/mol. The van der Waals surface area contributed by atoms with Gasteiger partial charge in [-0.2, -0.15) is 8.75 Å². The van der Waals surface area contributed by atoms with Gasteiger partial charge in [0.1, 0.15) is 22.5 Å². The highest BCUT2D eigenvalue weighted by Crippen LogP contribution is 2.29. The van der Waals surface area contributed by atoms with Crippen molar-refractivity contribution in [2.75, 3.05) is 14.2 Å². The van der Waals surface area contributed by atoms with Gasteiger partial charge in [0.25, 0.3) is 0 Å². The van der Waals surface area contributed by atoms with Gasteiger partial charge < -0.3 is 14.6 Å². The van der Waals surface area contributed by atoms with Crippen molar-refractivity contribution in [2.45, 2.75) is 6.42 Å². The molecule has 3 aromatic carbocycles. The van der Waals surface area contributed by atoms with E-state index in [4.69, 9.17) is 9.47 Å². The molecule has 1 aromatic heterocycles. The van der Waals surface area contributed by atoms with Crippen LogP contribution in [-0.2, 0) is 11.2 Å². The smallest absolute Gasteiger partial charge is 0.336 e. The fourth-order valence-electron chi connectivity index (χ4n) is 3.55. The van der Waals surface area contributed by atoms with E-state index in [1.807, 2.05) is 6.07 Å². The Balaban J connectivity index is 1.89. The Hall–Kier alpha value is -4.04. The zero-order chi connectivity index (χ0) is 23.4. The van der Waals surface area contributed by atoms with Crippen LogP contribution < -0.4 is 9.47 Å². The molecule has 0 radical (unpaired) electrons. The van der Waals surface area contributed by atoms with Crippen molar-refractivity contribution in [3.63, 3.8) is 0 Å². The second-order valence-electron chi connectivity index (χ2n) is 7.21. The number of ether oxygens (including phenoxy) is 2. The molecule has 0 aliphatic carbocycles. The van der Waals surface area contributed by atoms with E-state index in [-0.39, 0.29) is 23.4 Å². The van der Waals surface area contributed by atoms with Crippen molar-refractivity contribution in [3.05, 3.63) is 89.0 Å². The van der Waals surface area contributed by atoms with Gasteiger partial charge in [-0.25, -0.2) is 4.79 Å². The lowest BCUT2D eigenvalue weighted by Crippen LogP contribution is -2.14. The summed E-state index contributed by atoms with van der Waals surface area (Å²) in [6, 6.07) is 18.8. The number of hydrogen-bond donors (Lipinski definition) is 1. The number of rotatable bonds is 8. The Bertz CT molecular complexity index is 1360. The molecule has 4 rings (SSSR count). The van der Waals surface area contributed by atoms with Gasteiger partial charge in [-0.1, -0.05) is 18.2 Å². The van der Waals surface area contributed by atoms with Gasteiger partial charge >= 0.3 is 5.97 Å². The second-order valence-corrected chi connectivity index (χ2v) is 7.74. The summed E-state index contributed by atoms with van der Waals surface area (Å²) in [7, 11) is 3.09. The van der Waals surface area contributed by atoms with Crippen molar-refractivity contribution in [3.8, 4) is 11.5 Å². The number of fused-ring (bicyclic) bond motifs is 1. The van der Waals surface area contributed by atoms with Gasteiger partial charge in [0.15, 0.2) is 5.78 Å². The third-order valence-corrected chi connectivity index (χ3v) is 5.76. The standard InChI is InChI=1S/C25H20N2O5S/c1-31-18-9-6-16(7-10-18)24(28)20(13-15-4-3-5-19(12-15)32-2)23(25(29)30)17-8-11-21-22(14-17)27-33-26-21/h3-12,14H,13H2,1-2H3,(H,29,30). The molecule has 166 valence electrons. The number of carboxylic acids is 1. The van der Waals surface area contributed by atoms with Crippen LogP contribution in [0.25, 0.3) is 16.6 Å². The van der Waals surface area contributed by atoms with Gasteiger partial charge in [-0.05, 0) is 59.7 Å². The molecule has 0 amide bonds. The maximum Gasteiger partial charge on any atom is 0.336 e. The minimum Gasteiger partial charge on any atom is -0.497 e. The highest BCUT2D eigenvalue weighted by molar-refractivity contribution is 7.00. The van der Waals surface area contributed by atoms with Gasteiger partial charge in [0.05, 0.1) is 31.5 Å². The molecule has 4 aromatic rings. The van der Waals surface area contributed by atoms with Crippen LogP contribution in [0.15, 0.2) is 72.3 Å². The average molecular weight is 461 g/mol. The zero-order valence-electron chi connectivity index (χ0n) is 17.9. The summed E-state index contributed by atoms with van der Waals surface area (Å²) < 4.78 is 18.8. The molecule has 0 aliphatic rings. The SMILES string of the molecule is COc1ccc(C(=O)C(Cc2cccc(OC)c2)=C(C(=O)O)c2ccc3nsnc3c2)cc1. The number of carboxylic acid groups (broad SMARTS) is 1. The van der Waals surface area contributed by atoms with E-state index in [0.717, 1.165) is 17.3 Å². The average Bonchev–Trinajstić information content (AvgIpc) is 3.31. The molecule has 0 aliphatic heterocycles. The fraction of sp³-hybridized carbons (Fsp3) is 0.120. The number of ketones is 1. The van der Waals surface area contributed by atoms with E-state index >= 15 is 0 Å². The van der Waals surface area contributed by atoms with Crippen molar-refractivity contribution in [1.82, 2.24) is 8.75 Å². The lowest BCUT2D eigenvalue weighted by Gasteiger charge is -2.14. The highest BCUT2D eigenvalue weighted by atomic mass is 32.1. The van der Waals surface area contributed by atoms with Crippen LogP contribution in [0.5, 0.6) is 11.5 Å². The first-order valence-corrected chi connectivity index (χ1v) is 10.7. The maximum absolute atomic E-state index is 13.6. The monoisotopic (exact) mass is 460 g/mol. The quantitative estimate of drug-likeness (QED) is 0.301. The summed E-state index contributed by atoms with van der Waals surface area (Å²) in [6.45, 7) is 0. The Morgan fingerprint density at radius 3 is 2.24 bits per heavy atom. The number of carbonyl (C=O) groups excluding carboxylic acids is 1. The summed E-state index contributed by atoms with van der Waals surface area (Å²) in [6.07, 6.45) is 0.108. The number of benzene rings is 3. The first kappa shape index (κ1) is 22.2. The van der Waals surface area contributed by atoms with E-state index < -0.39 is 5.97 Å². The van der Waals surface area contributed by atoms with E-state index in [2.05, 4.69) is 8.75 Å². The van der Waals surface area contributed by atoms with Crippen LogP contribution in [0.3, 0.4) is 0 Å². The Morgan fingerprint density at radius 1 is 0.848 bits per heavy atom. The van der Waals surface area contributed by atoms with E-state index in [1.165, 1.54) is 7.11 Å². The van der Waals surface area contributed by atoms with Gasteiger partial charge in [-0.3, -0.25) is 4.79 Å². The topological polar surface area (TPSA) is 98.6 Å². The third kappa shape index (κ3) is 4.75. The maximum atomic E-state index is 13.6. The van der Waals surface area contributed by atoms with Crippen LogP contribution in [0.2, 0.25) is 0 Å². The number of Topliss-reactive ketones (excluding diaryl/α,β-unsaturated/α-hetero) is 1. The number of aliphatic carboxylic acids is 1. The summed E-state index contributed by atoms with van der Waals surface area (Å²) in [4.78, 5) is 26.1. The third-order valence-electron chi connectivity index (χ3n) is 5.20. The Labute approximate surface area is 194 Å². The van der Waals surface area contributed by atoms with Crippen molar-refractivity contribution >= 4 is 40.1 Å². The Kier molecular flexibility index (Phi) is 6.46. The number of allylic oxidation sites excluding steroid dienone is 1. The number of nitrogens with zero attached hydrogens (tertiary/aromatic N) is 2. The molecular weight excluding hydrogens is 440 g/mol. The molecule has 0 bridgehead atoms. The van der Waals surface area contributed by atoms with Crippen LogP contribution >= 0.6 is 11.7 Å². The molecule has 0 spiro atoms. The molecule has 1 N–H and O–H groups in total. The van der Waals surface area contributed by atoms with Gasteiger partial charge in [0.2, 0.25) is 0 Å². The molecular formula is C25H20N2O5S. The largest absolute Gasteiger partial charge is 0.497 e. The van der Waals surface area contributed by atoms with Crippen molar-refractivity contribution in [2.24, 2.45) is 0 Å². The fourth-order valence-corrected chi connectivity index (χ4v) is 4.07. The highest BCUT2D eigenvalue weighted by Gasteiger charge is 2.24. The lowest BCUT2D eigenvalue weighted by atomic mass is 9.89. The molecule has 0 atom stereocenters. The summed E-state index contributed by atoms with van der Waals surface area (Å²) >= 11 is 1.05. The molecule has 33 heavy (non-hydrogen) atoms. The molecule has 0 saturated carbocycles. The summed E-state index contributed by atoms with van der Waals surface area (Å²) in [5, 5.41) is 10.2. The lowest BCUT2D eigenvalue weighted by molar-refractivity contribution is -0.130. The molecule has 7 nitrogen and oxygen atoms in total. The van der Waals surface area contributed by atoms with Crippen molar-refractivity contribution < 1.29 is 24.2 Å². The normalized spacial score (nSPS) is 11.7. The Morgan fingerprint density at radius 2 is 1.55 bits per heavy atom. The first-order valence-electron chi connectivity index (χ1n) is 10.0. The van der Waals surface area contributed by atoms with E-state index in [0.29, 0.717) is 33.7 Å². The number of hydrogen-bond acceptors (Lipinski definition) is 7. The predicted octanol–water partition coefficient (Wildman–Crippen LogP) is 4.67. The number of carbonyl (C=O) groups is 2. The molecule has 1 heterocycles. The molecule has 0 fully saturated rings. The molecule has 8 heteroatoms. The minimum atomic E-state index is -1.20.